The van der Waals surface area contributed by atoms with E-state index in [0.29, 0.717) is 25.9 Å². The lowest BCUT2D eigenvalue weighted by Crippen LogP contribution is -2.45. The fourth-order valence-corrected chi connectivity index (χ4v) is 3.52. The molecular formula is C12H24N2O4S. The lowest BCUT2D eigenvalue weighted by molar-refractivity contribution is -0.126. The minimum atomic E-state index is -3.24. The van der Waals surface area contributed by atoms with E-state index in [1.165, 1.54) is 11.4 Å². The fraction of sp³-hybridized carbons (Fsp3) is 0.917. The molecule has 0 atom stereocenters. The normalized spacial score (nSPS) is 18.7. The highest BCUT2D eigenvalue weighted by atomic mass is 32.2. The zero-order valence-corrected chi connectivity index (χ0v) is 12.7. The van der Waals surface area contributed by atoms with Crippen LogP contribution in [-0.4, -0.2) is 57.2 Å². The van der Waals surface area contributed by atoms with E-state index < -0.39 is 10.0 Å². The number of carbonyl (C=O) groups is 1. The first-order valence-electron chi connectivity index (χ1n) is 6.64. The van der Waals surface area contributed by atoms with E-state index in [0.717, 1.165) is 0 Å². The summed E-state index contributed by atoms with van der Waals surface area (Å²) in [5.74, 6) is -0.0352. The van der Waals surface area contributed by atoms with Crippen LogP contribution in [0.1, 0.15) is 26.7 Å². The highest BCUT2D eigenvalue weighted by Gasteiger charge is 2.30. The SMILES string of the molecule is COCCS(=O)(=O)N1CCC(C(=O)NC(C)C)CC1. The summed E-state index contributed by atoms with van der Waals surface area (Å²) in [5.41, 5.74) is 0. The van der Waals surface area contributed by atoms with Crippen LogP contribution < -0.4 is 5.32 Å². The van der Waals surface area contributed by atoms with Crippen LogP contribution in [0.5, 0.6) is 0 Å². The summed E-state index contributed by atoms with van der Waals surface area (Å²) < 4.78 is 30.2. The van der Waals surface area contributed by atoms with Crippen molar-refractivity contribution in [2.75, 3.05) is 32.6 Å². The lowest BCUT2D eigenvalue weighted by atomic mass is 9.97. The van der Waals surface area contributed by atoms with Gasteiger partial charge in [-0.25, -0.2) is 12.7 Å². The Bertz CT molecular complexity index is 387. The van der Waals surface area contributed by atoms with Crippen LogP contribution in [-0.2, 0) is 19.6 Å². The molecule has 0 bridgehead atoms. The van der Waals surface area contributed by atoms with Crippen molar-refractivity contribution in [1.29, 1.82) is 0 Å². The summed E-state index contributed by atoms with van der Waals surface area (Å²) in [4.78, 5) is 11.8. The summed E-state index contributed by atoms with van der Waals surface area (Å²) >= 11 is 0. The summed E-state index contributed by atoms with van der Waals surface area (Å²) in [7, 11) is -1.76. The van der Waals surface area contributed by atoms with Crippen LogP contribution >= 0.6 is 0 Å². The Balaban J connectivity index is 2.46. The molecule has 1 heterocycles. The van der Waals surface area contributed by atoms with Crippen molar-refractivity contribution in [3.8, 4) is 0 Å². The topological polar surface area (TPSA) is 75.7 Å². The lowest BCUT2D eigenvalue weighted by Gasteiger charge is -2.30. The Morgan fingerprint density at radius 2 is 1.95 bits per heavy atom. The van der Waals surface area contributed by atoms with Crippen LogP contribution in [0.25, 0.3) is 0 Å². The first-order chi connectivity index (χ1) is 8.86. The Labute approximate surface area is 115 Å². The number of amides is 1. The number of hydrogen-bond acceptors (Lipinski definition) is 4. The van der Waals surface area contributed by atoms with Gasteiger partial charge < -0.3 is 10.1 Å². The Kier molecular flexibility index (Phi) is 6.22. The number of carbonyl (C=O) groups excluding carboxylic acids is 1. The Morgan fingerprint density at radius 1 is 1.37 bits per heavy atom. The number of piperidine rings is 1. The molecule has 0 radical (unpaired) electrons. The van der Waals surface area contributed by atoms with Crippen molar-refractivity contribution in [2.45, 2.75) is 32.7 Å². The van der Waals surface area contributed by atoms with Gasteiger partial charge in [0, 0.05) is 32.2 Å². The minimum absolute atomic E-state index is 0.00631. The van der Waals surface area contributed by atoms with Crippen molar-refractivity contribution in [2.24, 2.45) is 5.92 Å². The Hall–Kier alpha value is -0.660. The number of nitrogens with zero attached hydrogens (tertiary/aromatic N) is 1. The smallest absolute Gasteiger partial charge is 0.223 e. The predicted octanol–water partition coefficient (Wildman–Crippen LogP) is 0.199. The molecule has 0 saturated carbocycles. The molecule has 0 aromatic heterocycles. The molecule has 6 nitrogen and oxygen atoms in total. The molecule has 7 heteroatoms. The third-order valence-electron chi connectivity index (χ3n) is 3.19. The third kappa shape index (κ3) is 5.08. The van der Waals surface area contributed by atoms with Crippen LogP contribution in [0.15, 0.2) is 0 Å². The second-order valence-corrected chi connectivity index (χ2v) is 7.23. The van der Waals surface area contributed by atoms with E-state index in [4.69, 9.17) is 4.74 Å². The van der Waals surface area contributed by atoms with Crippen molar-refractivity contribution in [3.05, 3.63) is 0 Å². The van der Waals surface area contributed by atoms with E-state index in [2.05, 4.69) is 5.32 Å². The summed E-state index contributed by atoms with van der Waals surface area (Å²) in [5, 5.41) is 2.87. The van der Waals surface area contributed by atoms with Gasteiger partial charge in [0.1, 0.15) is 0 Å². The predicted molar refractivity (Wildman–Crippen MR) is 73.2 cm³/mol. The number of nitrogens with one attached hydrogen (secondary N) is 1. The van der Waals surface area contributed by atoms with E-state index in [-0.39, 0.29) is 30.2 Å². The molecule has 1 fully saturated rings. The van der Waals surface area contributed by atoms with E-state index in [1.54, 1.807) is 0 Å². The number of rotatable bonds is 6. The molecule has 1 aliphatic rings. The maximum absolute atomic E-state index is 11.9. The minimum Gasteiger partial charge on any atom is -0.384 e. The van der Waals surface area contributed by atoms with Crippen molar-refractivity contribution in [1.82, 2.24) is 9.62 Å². The van der Waals surface area contributed by atoms with Gasteiger partial charge in [-0.2, -0.15) is 0 Å². The number of hydrogen-bond donors (Lipinski definition) is 1. The van der Waals surface area contributed by atoms with E-state index in [1.807, 2.05) is 13.8 Å². The molecule has 1 aliphatic heterocycles. The van der Waals surface area contributed by atoms with Gasteiger partial charge in [-0.05, 0) is 26.7 Å². The van der Waals surface area contributed by atoms with Crippen LogP contribution in [0.3, 0.4) is 0 Å². The monoisotopic (exact) mass is 292 g/mol. The summed E-state index contributed by atoms with van der Waals surface area (Å²) in [6.45, 7) is 4.88. The largest absolute Gasteiger partial charge is 0.384 e. The average Bonchev–Trinajstić information content (AvgIpc) is 2.36. The second-order valence-electron chi connectivity index (χ2n) is 5.15. The highest BCUT2D eigenvalue weighted by Crippen LogP contribution is 2.20. The molecule has 0 unspecified atom stereocenters. The molecular weight excluding hydrogens is 268 g/mol. The molecule has 1 rings (SSSR count). The molecule has 1 saturated heterocycles. The maximum atomic E-state index is 11.9. The average molecular weight is 292 g/mol. The van der Waals surface area contributed by atoms with Gasteiger partial charge in [-0.1, -0.05) is 0 Å². The summed E-state index contributed by atoms with van der Waals surface area (Å²) in [6, 6.07) is 0.121. The summed E-state index contributed by atoms with van der Waals surface area (Å²) in [6.07, 6.45) is 1.18. The van der Waals surface area contributed by atoms with Gasteiger partial charge in [-0.15, -0.1) is 0 Å². The standard InChI is InChI=1S/C12H24N2O4S/c1-10(2)13-12(15)11-4-6-14(7-5-11)19(16,17)9-8-18-3/h10-11H,4-9H2,1-3H3,(H,13,15). The quantitative estimate of drug-likeness (QED) is 0.759. The molecule has 0 aromatic rings. The first kappa shape index (κ1) is 16.4. The van der Waals surface area contributed by atoms with Crippen LogP contribution in [0.2, 0.25) is 0 Å². The Morgan fingerprint density at radius 3 is 2.42 bits per heavy atom. The van der Waals surface area contributed by atoms with E-state index in [9.17, 15) is 13.2 Å². The molecule has 0 spiro atoms. The van der Waals surface area contributed by atoms with Crippen molar-refractivity contribution in [3.63, 3.8) is 0 Å². The van der Waals surface area contributed by atoms with Gasteiger partial charge in [0.05, 0.1) is 12.4 Å². The highest BCUT2D eigenvalue weighted by molar-refractivity contribution is 7.89. The molecule has 112 valence electrons. The van der Waals surface area contributed by atoms with Crippen molar-refractivity contribution >= 4 is 15.9 Å². The molecule has 19 heavy (non-hydrogen) atoms. The number of methoxy groups -OCH3 is 1. The second kappa shape index (κ2) is 7.21. The van der Waals surface area contributed by atoms with Crippen molar-refractivity contribution < 1.29 is 17.9 Å². The van der Waals surface area contributed by atoms with Gasteiger partial charge in [0.25, 0.3) is 0 Å². The van der Waals surface area contributed by atoms with Crippen LogP contribution in [0, 0.1) is 5.92 Å². The number of sulfonamides is 1. The number of ether oxygens (including phenoxy) is 1. The van der Waals surface area contributed by atoms with Crippen LogP contribution in [0.4, 0.5) is 0 Å². The zero-order chi connectivity index (χ0) is 14.5. The van der Waals surface area contributed by atoms with Gasteiger partial charge in [-0.3, -0.25) is 4.79 Å². The molecule has 1 N–H and O–H groups in total. The maximum Gasteiger partial charge on any atom is 0.223 e. The first-order valence-corrected chi connectivity index (χ1v) is 8.25. The van der Waals surface area contributed by atoms with Gasteiger partial charge in [0.15, 0.2) is 0 Å². The third-order valence-corrected chi connectivity index (χ3v) is 5.03. The zero-order valence-electron chi connectivity index (χ0n) is 11.9. The van der Waals surface area contributed by atoms with Gasteiger partial charge in [0.2, 0.25) is 15.9 Å². The fourth-order valence-electron chi connectivity index (χ4n) is 2.12. The molecule has 0 aromatic carbocycles. The van der Waals surface area contributed by atoms with E-state index >= 15 is 0 Å². The molecule has 1 amide bonds. The molecule has 0 aliphatic carbocycles. The van der Waals surface area contributed by atoms with Gasteiger partial charge >= 0.3 is 0 Å².